The van der Waals surface area contributed by atoms with Gasteiger partial charge in [0.05, 0.1) is 7.11 Å². The quantitative estimate of drug-likeness (QED) is 0.367. The summed E-state index contributed by atoms with van der Waals surface area (Å²) < 4.78 is 16.3. The van der Waals surface area contributed by atoms with Gasteiger partial charge in [0.2, 0.25) is 17.6 Å². The lowest BCUT2D eigenvalue weighted by Gasteiger charge is -2.33. The largest absolute Gasteiger partial charge is 0.497 e. The Morgan fingerprint density at radius 2 is 1.89 bits per heavy atom. The number of benzene rings is 1. The number of ether oxygens (including phenoxy) is 2. The highest BCUT2D eigenvalue weighted by Crippen LogP contribution is 2.26. The molecule has 0 radical (unpaired) electrons. The molecule has 2 amide bonds. The lowest BCUT2D eigenvalue weighted by molar-refractivity contribution is -0.142. The van der Waals surface area contributed by atoms with Gasteiger partial charge in [-0.1, -0.05) is 12.1 Å². The molecule has 11 heteroatoms. The second-order valence-corrected chi connectivity index (χ2v) is 9.61. The smallest absolute Gasteiger partial charge is 0.247 e. The van der Waals surface area contributed by atoms with E-state index in [1.165, 1.54) is 4.80 Å². The minimum atomic E-state index is -0.880. The molecule has 200 valence electrons. The molecule has 2 aromatic heterocycles. The average Bonchev–Trinajstić information content (AvgIpc) is 3.49. The minimum absolute atomic E-state index is 0.198. The number of aryl methyl sites for hydroxylation is 1. The van der Waals surface area contributed by atoms with Gasteiger partial charge in [-0.15, -0.1) is 10.2 Å². The van der Waals surface area contributed by atoms with Crippen molar-refractivity contribution in [1.29, 1.82) is 0 Å². The molecule has 2 heterocycles. The maximum atomic E-state index is 13.7. The molecule has 37 heavy (non-hydrogen) atoms. The van der Waals surface area contributed by atoms with Gasteiger partial charge >= 0.3 is 0 Å². The van der Waals surface area contributed by atoms with Crippen molar-refractivity contribution < 1.29 is 23.5 Å². The van der Waals surface area contributed by atoms with Crippen LogP contribution in [-0.4, -0.2) is 69.3 Å². The Labute approximate surface area is 217 Å². The van der Waals surface area contributed by atoms with Crippen LogP contribution in [0.1, 0.15) is 51.5 Å². The van der Waals surface area contributed by atoms with Crippen LogP contribution in [0.4, 0.5) is 0 Å². The normalized spacial score (nSPS) is 12.3. The van der Waals surface area contributed by atoms with Gasteiger partial charge in [0.15, 0.2) is 5.76 Å². The zero-order valence-electron chi connectivity index (χ0n) is 22.4. The number of methoxy groups -OCH3 is 1. The second-order valence-electron chi connectivity index (χ2n) is 9.61. The summed E-state index contributed by atoms with van der Waals surface area (Å²) in [5.41, 5.74) is 0.163. The van der Waals surface area contributed by atoms with Crippen molar-refractivity contribution in [3.05, 3.63) is 47.7 Å². The van der Waals surface area contributed by atoms with Gasteiger partial charge in [0, 0.05) is 25.3 Å². The molecular formula is C26H36N6O5. The predicted molar refractivity (Wildman–Crippen MR) is 137 cm³/mol. The van der Waals surface area contributed by atoms with Gasteiger partial charge in [0.25, 0.3) is 0 Å². The first-order chi connectivity index (χ1) is 17.6. The van der Waals surface area contributed by atoms with Crippen molar-refractivity contribution in [2.24, 2.45) is 0 Å². The third-order valence-electron chi connectivity index (χ3n) is 5.39. The number of hydrogen-bond acceptors (Lipinski definition) is 8. The molecule has 0 aliphatic rings. The van der Waals surface area contributed by atoms with Crippen LogP contribution in [0.5, 0.6) is 5.75 Å². The number of carbonyl (C=O) groups is 2. The molecule has 0 aliphatic carbocycles. The van der Waals surface area contributed by atoms with Crippen molar-refractivity contribution in [1.82, 2.24) is 30.4 Å². The predicted octanol–water partition coefficient (Wildman–Crippen LogP) is 3.16. The van der Waals surface area contributed by atoms with Crippen LogP contribution >= 0.6 is 0 Å². The first-order valence-electron chi connectivity index (χ1n) is 12.3. The molecule has 0 aliphatic heterocycles. The summed E-state index contributed by atoms with van der Waals surface area (Å²) in [5.74, 6) is 1.49. The highest BCUT2D eigenvalue weighted by atomic mass is 16.5. The highest BCUT2D eigenvalue weighted by molar-refractivity contribution is 5.89. The van der Waals surface area contributed by atoms with Crippen LogP contribution in [0.25, 0.3) is 11.6 Å². The number of aromatic nitrogens is 4. The molecule has 0 fully saturated rings. The van der Waals surface area contributed by atoms with E-state index in [0.29, 0.717) is 43.3 Å². The number of nitrogens with one attached hydrogen (secondary N) is 1. The van der Waals surface area contributed by atoms with Gasteiger partial charge in [-0.3, -0.25) is 9.59 Å². The SMILES string of the molecule is CCOCCCN(C(=O)Cn1nnc(-c2ccc(C)o2)n1)[C@H](C(=O)NC(C)(C)C)c1ccc(OC)cc1. The standard InChI is InChI=1S/C26H36N6O5/c1-7-36-16-8-15-31(22(33)17-32-29-24(28-30-32)21-14-9-18(2)37-21)23(25(34)27-26(3,4)5)19-10-12-20(35-6)13-11-19/h9-14,23H,7-8,15-17H2,1-6H3,(H,27,34)/t23-/m0/s1. The number of amides is 2. The Hall–Kier alpha value is -3.73. The number of hydrogen-bond donors (Lipinski definition) is 1. The second kappa shape index (κ2) is 12.5. The Balaban J connectivity index is 1.91. The number of nitrogens with zero attached hydrogens (tertiary/aromatic N) is 5. The molecule has 1 aromatic carbocycles. The summed E-state index contributed by atoms with van der Waals surface area (Å²) in [5, 5.41) is 15.3. The Bertz CT molecular complexity index is 1160. The molecule has 0 unspecified atom stereocenters. The van der Waals surface area contributed by atoms with E-state index in [2.05, 4.69) is 20.7 Å². The fourth-order valence-electron chi connectivity index (χ4n) is 3.75. The van der Waals surface area contributed by atoms with Gasteiger partial charge in [-0.25, -0.2) is 0 Å². The maximum absolute atomic E-state index is 13.7. The fraction of sp³-hybridized carbons (Fsp3) is 0.500. The van der Waals surface area contributed by atoms with E-state index in [-0.39, 0.29) is 24.2 Å². The summed E-state index contributed by atoms with van der Waals surface area (Å²) >= 11 is 0. The number of furan rings is 1. The molecule has 3 aromatic rings. The van der Waals surface area contributed by atoms with Crippen molar-refractivity contribution in [2.75, 3.05) is 26.9 Å². The van der Waals surface area contributed by atoms with E-state index in [1.54, 1.807) is 48.4 Å². The van der Waals surface area contributed by atoms with E-state index in [0.717, 1.165) is 5.76 Å². The topological polar surface area (TPSA) is 125 Å². The van der Waals surface area contributed by atoms with Gasteiger partial charge in [0.1, 0.15) is 24.1 Å². The molecule has 0 bridgehead atoms. The summed E-state index contributed by atoms with van der Waals surface area (Å²) in [7, 11) is 1.58. The van der Waals surface area contributed by atoms with Crippen LogP contribution in [0.15, 0.2) is 40.8 Å². The van der Waals surface area contributed by atoms with E-state index in [4.69, 9.17) is 13.9 Å². The Kier molecular flexibility index (Phi) is 9.40. The third-order valence-corrected chi connectivity index (χ3v) is 5.39. The van der Waals surface area contributed by atoms with E-state index in [9.17, 15) is 9.59 Å². The third kappa shape index (κ3) is 7.88. The maximum Gasteiger partial charge on any atom is 0.247 e. The molecule has 0 saturated carbocycles. The first-order valence-corrected chi connectivity index (χ1v) is 12.3. The summed E-state index contributed by atoms with van der Waals surface area (Å²) in [6, 6.07) is 9.79. The monoisotopic (exact) mass is 512 g/mol. The molecular weight excluding hydrogens is 476 g/mol. The fourth-order valence-corrected chi connectivity index (χ4v) is 3.75. The first kappa shape index (κ1) is 27.9. The summed E-state index contributed by atoms with van der Waals surface area (Å²) in [6.07, 6.45) is 0.552. The summed E-state index contributed by atoms with van der Waals surface area (Å²) in [4.78, 5) is 30.0. The van der Waals surface area contributed by atoms with Crippen molar-refractivity contribution in [3.8, 4) is 17.3 Å². The van der Waals surface area contributed by atoms with Crippen LogP contribution in [0, 0.1) is 6.92 Å². The molecule has 1 atom stereocenters. The van der Waals surface area contributed by atoms with Crippen LogP contribution in [0.2, 0.25) is 0 Å². The lowest BCUT2D eigenvalue weighted by Crippen LogP contribution is -2.50. The van der Waals surface area contributed by atoms with Crippen LogP contribution in [0.3, 0.4) is 0 Å². The van der Waals surface area contributed by atoms with Crippen molar-refractivity contribution in [3.63, 3.8) is 0 Å². The zero-order chi connectivity index (χ0) is 27.0. The van der Waals surface area contributed by atoms with E-state index < -0.39 is 11.6 Å². The summed E-state index contributed by atoms with van der Waals surface area (Å²) in [6.45, 7) is 10.5. The number of tetrazole rings is 1. The van der Waals surface area contributed by atoms with Gasteiger partial charge in [-0.05, 0) is 76.1 Å². The van der Waals surface area contributed by atoms with E-state index in [1.807, 2.05) is 34.6 Å². The molecule has 0 saturated heterocycles. The molecule has 3 rings (SSSR count). The average molecular weight is 513 g/mol. The lowest BCUT2D eigenvalue weighted by atomic mass is 10.0. The van der Waals surface area contributed by atoms with Crippen LogP contribution in [-0.2, 0) is 20.9 Å². The minimum Gasteiger partial charge on any atom is -0.497 e. The highest BCUT2D eigenvalue weighted by Gasteiger charge is 2.33. The number of carbonyl (C=O) groups excluding carboxylic acids is 2. The molecule has 11 nitrogen and oxygen atoms in total. The molecule has 1 N–H and O–H groups in total. The van der Waals surface area contributed by atoms with Gasteiger partial charge in [-0.2, -0.15) is 4.80 Å². The van der Waals surface area contributed by atoms with Gasteiger partial charge < -0.3 is 24.1 Å². The Morgan fingerprint density at radius 1 is 1.16 bits per heavy atom. The van der Waals surface area contributed by atoms with Crippen molar-refractivity contribution >= 4 is 11.8 Å². The zero-order valence-corrected chi connectivity index (χ0v) is 22.4. The van der Waals surface area contributed by atoms with E-state index >= 15 is 0 Å². The van der Waals surface area contributed by atoms with Crippen molar-refractivity contribution in [2.45, 2.75) is 59.2 Å². The number of rotatable bonds is 12. The molecule has 0 spiro atoms. The van der Waals surface area contributed by atoms with Crippen LogP contribution < -0.4 is 10.1 Å². The Morgan fingerprint density at radius 3 is 2.49 bits per heavy atom.